The van der Waals surface area contributed by atoms with Crippen molar-refractivity contribution in [2.75, 3.05) is 34.0 Å². The molecule has 0 saturated heterocycles. The van der Waals surface area contributed by atoms with E-state index in [4.69, 9.17) is 35.3 Å². The summed E-state index contributed by atoms with van der Waals surface area (Å²) in [6, 6.07) is 4.80. The SMILES string of the molecule is COc1cccc(OC)c1C(=O)OOC(=O)OC1CCC(C)CC1.NC(CO)(CO)CO. The average Bonchev–Trinajstić information content (AvgIpc) is 2.83. The second-order valence-corrected chi connectivity index (χ2v) is 7.58. The van der Waals surface area contributed by atoms with Crippen molar-refractivity contribution < 1.29 is 48.9 Å². The number of hydrogen-bond acceptors (Lipinski definition) is 11. The summed E-state index contributed by atoms with van der Waals surface area (Å²) in [5.41, 5.74) is 3.97. The molecule has 1 aliphatic rings. The molecule has 0 aromatic heterocycles. The Labute approximate surface area is 186 Å². The largest absolute Gasteiger partial charge is 0.550 e. The van der Waals surface area contributed by atoms with Crippen LogP contribution in [0.1, 0.15) is 43.0 Å². The third kappa shape index (κ3) is 8.50. The van der Waals surface area contributed by atoms with E-state index in [0.29, 0.717) is 5.92 Å². The van der Waals surface area contributed by atoms with Crippen LogP contribution in [0.3, 0.4) is 0 Å². The predicted octanol–water partition coefficient (Wildman–Crippen LogP) is 1.17. The van der Waals surface area contributed by atoms with E-state index in [1.54, 1.807) is 18.2 Å². The summed E-state index contributed by atoms with van der Waals surface area (Å²) >= 11 is 0. The second kappa shape index (κ2) is 13.7. The Morgan fingerprint density at radius 3 is 1.88 bits per heavy atom. The van der Waals surface area contributed by atoms with Gasteiger partial charge >= 0.3 is 12.1 Å². The molecule has 0 atom stereocenters. The summed E-state index contributed by atoms with van der Waals surface area (Å²) in [7, 11) is 2.81. The van der Waals surface area contributed by atoms with Crippen LogP contribution in [0.25, 0.3) is 0 Å². The van der Waals surface area contributed by atoms with Crippen LogP contribution in [0.5, 0.6) is 11.5 Å². The van der Waals surface area contributed by atoms with Crippen LogP contribution in [0, 0.1) is 5.92 Å². The van der Waals surface area contributed by atoms with Gasteiger partial charge in [-0.3, -0.25) is 0 Å². The molecule has 0 spiro atoms. The first-order chi connectivity index (χ1) is 15.2. The molecule has 2 rings (SSSR count). The first kappa shape index (κ1) is 27.4. The number of benzene rings is 1. The highest BCUT2D eigenvalue weighted by Crippen LogP contribution is 2.29. The molecule has 1 aromatic carbocycles. The van der Waals surface area contributed by atoms with E-state index in [9.17, 15) is 9.59 Å². The fraction of sp³-hybridized carbons (Fsp3) is 0.619. The normalized spacial score (nSPS) is 18.0. The molecule has 0 bridgehead atoms. The molecule has 0 amide bonds. The Morgan fingerprint density at radius 1 is 0.969 bits per heavy atom. The van der Waals surface area contributed by atoms with Gasteiger partial charge in [0.15, 0.2) is 0 Å². The highest BCUT2D eigenvalue weighted by Gasteiger charge is 2.25. The first-order valence-electron chi connectivity index (χ1n) is 10.2. The molecule has 0 unspecified atom stereocenters. The zero-order chi connectivity index (χ0) is 24.1. The van der Waals surface area contributed by atoms with Crippen LogP contribution in [-0.4, -0.2) is 73.1 Å². The Morgan fingerprint density at radius 2 is 1.47 bits per heavy atom. The summed E-state index contributed by atoms with van der Waals surface area (Å²) in [5, 5.41) is 25.0. The summed E-state index contributed by atoms with van der Waals surface area (Å²) in [6.07, 6.45) is 2.33. The topological polar surface area (TPSA) is 167 Å². The molecule has 11 nitrogen and oxygen atoms in total. The molecule has 0 aliphatic heterocycles. The Kier molecular flexibility index (Phi) is 11.8. The molecule has 1 saturated carbocycles. The van der Waals surface area contributed by atoms with E-state index < -0.39 is 37.5 Å². The number of carbonyl (C=O) groups excluding carboxylic acids is 2. The lowest BCUT2D eigenvalue weighted by Gasteiger charge is -2.25. The molecule has 32 heavy (non-hydrogen) atoms. The third-order valence-electron chi connectivity index (χ3n) is 4.99. The highest BCUT2D eigenvalue weighted by molar-refractivity contribution is 5.95. The molecule has 1 aliphatic carbocycles. The van der Waals surface area contributed by atoms with Crippen LogP contribution in [0.15, 0.2) is 18.2 Å². The first-order valence-corrected chi connectivity index (χ1v) is 10.2. The van der Waals surface area contributed by atoms with Gasteiger partial charge in [-0.05, 0) is 43.7 Å². The molecule has 5 N–H and O–H groups in total. The van der Waals surface area contributed by atoms with Gasteiger partial charge in [0.2, 0.25) is 0 Å². The van der Waals surface area contributed by atoms with Gasteiger partial charge in [-0.2, -0.15) is 4.79 Å². The van der Waals surface area contributed by atoms with Crippen LogP contribution in [-0.2, 0) is 14.5 Å². The van der Waals surface area contributed by atoms with Gasteiger partial charge in [0, 0.05) is 0 Å². The number of aliphatic hydroxyl groups is 3. The number of methoxy groups -OCH3 is 2. The van der Waals surface area contributed by atoms with Crippen molar-refractivity contribution in [1.82, 2.24) is 0 Å². The van der Waals surface area contributed by atoms with E-state index in [2.05, 4.69) is 16.7 Å². The quantitative estimate of drug-likeness (QED) is 0.262. The van der Waals surface area contributed by atoms with Gasteiger partial charge in [0.1, 0.15) is 23.2 Å². The number of rotatable bonds is 7. The lowest BCUT2D eigenvalue weighted by Crippen LogP contribution is -2.50. The molecular weight excluding hydrogens is 426 g/mol. The standard InChI is InChI=1S/C17H22O7.C4H11NO3/c1-11-7-9-12(10-8-11)22-17(19)24-23-16(18)15-13(20-2)5-4-6-14(15)21-3;5-4(1-6,2-7)3-8/h4-6,11-12H,7-10H2,1-3H3;6-8H,1-3,5H2. The molecule has 1 fully saturated rings. The lowest BCUT2D eigenvalue weighted by atomic mass is 9.89. The van der Waals surface area contributed by atoms with Gasteiger partial charge in [-0.15, -0.1) is 0 Å². The summed E-state index contributed by atoms with van der Waals surface area (Å²) < 4.78 is 15.3. The minimum Gasteiger partial charge on any atom is -0.496 e. The smallest absolute Gasteiger partial charge is 0.496 e. The van der Waals surface area contributed by atoms with Crippen LogP contribution < -0.4 is 15.2 Å². The van der Waals surface area contributed by atoms with E-state index in [-0.39, 0.29) is 23.2 Å². The lowest BCUT2D eigenvalue weighted by molar-refractivity contribution is -0.208. The fourth-order valence-electron chi connectivity index (χ4n) is 2.82. The van der Waals surface area contributed by atoms with Gasteiger partial charge in [-0.1, -0.05) is 13.0 Å². The van der Waals surface area contributed by atoms with Gasteiger partial charge in [0.05, 0.1) is 39.6 Å². The number of carbonyl (C=O) groups is 2. The van der Waals surface area contributed by atoms with Crippen molar-refractivity contribution in [2.45, 2.75) is 44.2 Å². The van der Waals surface area contributed by atoms with Crippen molar-refractivity contribution in [3.8, 4) is 11.5 Å². The van der Waals surface area contributed by atoms with Crippen molar-refractivity contribution >= 4 is 12.1 Å². The second-order valence-electron chi connectivity index (χ2n) is 7.58. The van der Waals surface area contributed by atoms with Crippen molar-refractivity contribution in [2.24, 2.45) is 11.7 Å². The van der Waals surface area contributed by atoms with Crippen LogP contribution in [0.2, 0.25) is 0 Å². The molecule has 0 radical (unpaired) electrons. The maximum atomic E-state index is 12.1. The molecule has 11 heteroatoms. The minimum atomic E-state index is -1.21. The van der Waals surface area contributed by atoms with E-state index >= 15 is 0 Å². The Bertz CT molecular complexity index is 684. The monoisotopic (exact) mass is 459 g/mol. The molecule has 0 heterocycles. The van der Waals surface area contributed by atoms with Crippen molar-refractivity contribution in [3.05, 3.63) is 23.8 Å². The number of hydrogen-bond donors (Lipinski definition) is 4. The zero-order valence-corrected chi connectivity index (χ0v) is 18.6. The molecule has 182 valence electrons. The zero-order valence-electron chi connectivity index (χ0n) is 18.6. The maximum absolute atomic E-state index is 12.1. The third-order valence-corrected chi connectivity index (χ3v) is 4.99. The van der Waals surface area contributed by atoms with Crippen LogP contribution in [0.4, 0.5) is 4.79 Å². The van der Waals surface area contributed by atoms with Crippen molar-refractivity contribution in [3.63, 3.8) is 0 Å². The average molecular weight is 459 g/mol. The Hall–Kier alpha value is -2.60. The van der Waals surface area contributed by atoms with E-state index in [1.165, 1.54) is 14.2 Å². The number of aliphatic hydroxyl groups excluding tert-OH is 3. The van der Waals surface area contributed by atoms with E-state index in [0.717, 1.165) is 25.7 Å². The van der Waals surface area contributed by atoms with Crippen LogP contribution >= 0.6 is 0 Å². The minimum absolute atomic E-state index is 0.0294. The van der Waals surface area contributed by atoms with E-state index in [1.807, 2.05) is 0 Å². The van der Waals surface area contributed by atoms with Gasteiger partial charge in [-0.25, -0.2) is 14.6 Å². The number of ether oxygens (including phenoxy) is 3. The van der Waals surface area contributed by atoms with Gasteiger partial charge in [0.25, 0.3) is 0 Å². The maximum Gasteiger partial charge on any atom is 0.550 e. The number of nitrogens with two attached hydrogens (primary N) is 1. The summed E-state index contributed by atoms with van der Waals surface area (Å²) in [4.78, 5) is 32.8. The Balaban J connectivity index is 0.000000547. The van der Waals surface area contributed by atoms with Gasteiger partial charge < -0.3 is 35.3 Å². The fourth-order valence-corrected chi connectivity index (χ4v) is 2.82. The predicted molar refractivity (Wildman–Crippen MR) is 112 cm³/mol. The summed E-state index contributed by atoms with van der Waals surface area (Å²) in [6.45, 7) is 0.955. The molecular formula is C21H33NO10. The molecule has 1 aromatic rings. The van der Waals surface area contributed by atoms with Crippen molar-refractivity contribution in [1.29, 1.82) is 0 Å². The highest BCUT2D eigenvalue weighted by atomic mass is 17.2. The summed E-state index contributed by atoms with van der Waals surface area (Å²) in [5.74, 6) is 0.227.